The summed E-state index contributed by atoms with van der Waals surface area (Å²) >= 11 is 0. The second-order valence-electron chi connectivity index (χ2n) is 6.26. The normalized spacial score (nSPS) is 11.6. The van der Waals surface area contributed by atoms with Crippen LogP contribution in [0.15, 0.2) is 52.9 Å². The molecular weight excluding hydrogens is 350 g/mol. The van der Waals surface area contributed by atoms with Gasteiger partial charge in [-0.25, -0.2) is 13.1 Å². The van der Waals surface area contributed by atoms with E-state index in [4.69, 9.17) is 4.42 Å². The van der Waals surface area contributed by atoms with Gasteiger partial charge in [0, 0.05) is 18.5 Å². The average molecular weight is 371 g/mol. The van der Waals surface area contributed by atoms with Crippen LogP contribution in [0.25, 0.3) is 11.5 Å². The van der Waals surface area contributed by atoms with Crippen LogP contribution in [0.2, 0.25) is 0 Å². The lowest BCUT2D eigenvalue weighted by Gasteiger charge is -2.06. The Morgan fingerprint density at radius 1 is 1.00 bits per heavy atom. The minimum absolute atomic E-state index is 0.0485. The summed E-state index contributed by atoms with van der Waals surface area (Å²) in [6.45, 7) is 4.15. The minimum Gasteiger partial charge on any atom is -0.421 e. The Morgan fingerprint density at radius 2 is 1.77 bits per heavy atom. The standard InChI is InChI=1S/C19H21N3O3S/c1-14-6-8-17(9-7-14)19-22-21-18(25-19)10-11-20-26(23,24)13-16-5-3-4-15(2)12-16/h3-9,12,20H,10-11,13H2,1-2H3. The Balaban J connectivity index is 1.55. The number of nitrogens with one attached hydrogen (secondary N) is 1. The summed E-state index contributed by atoms with van der Waals surface area (Å²) in [5.74, 6) is 0.786. The van der Waals surface area contributed by atoms with Crippen LogP contribution in [0.1, 0.15) is 22.6 Å². The van der Waals surface area contributed by atoms with E-state index in [1.807, 2.05) is 56.3 Å². The second kappa shape index (κ2) is 7.80. The predicted molar refractivity (Wildman–Crippen MR) is 100.0 cm³/mol. The molecule has 0 aliphatic rings. The summed E-state index contributed by atoms with van der Waals surface area (Å²) in [5, 5.41) is 7.99. The van der Waals surface area contributed by atoms with Crippen molar-refractivity contribution in [1.82, 2.24) is 14.9 Å². The van der Waals surface area contributed by atoms with E-state index in [-0.39, 0.29) is 12.3 Å². The molecule has 0 spiro atoms. The molecule has 2 aromatic carbocycles. The van der Waals surface area contributed by atoms with Crippen LogP contribution < -0.4 is 4.72 Å². The van der Waals surface area contributed by atoms with Gasteiger partial charge < -0.3 is 4.42 Å². The minimum atomic E-state index is -3.41. The van der Waals surface area contributed by atoms with Crippen molar-refractivity contribution in [1.29, 1.82) is 0 Å². The van der Waals surface area contributed by atoms with Gasteiger partial charge in [-0.05, 0) is 31.5 Å². The molecule has 1 heterocycles. The molecule has 136 valence electrons. The summed E-state index contributed by atoms with van der Waals surface area (Å²) in [4.78, 5) is 0. The third-order valence-electron chi connectivity index (χ3n) is 3.87. The number of sulfonamides is 1. The highest BCUT2D eigenvalue weighted by Crippen LogP contribution is 2.18. The quantitative estimate of drug-likeness (QED) is 0.690. The topological polar surface area (TPSA) is 85.1 Å². The zero-order chi connectivity index (χ0) is 18.6. The van der Waals surface area contributed by atoms with Crippen molar-refractivity contribution in [2.75, 3.05) is 6.54 Å². The summed E-state index contributed by atoms with van der Waals surface area (Å²) in [6, 6.07) is 15.2. The van der Waals surface area contributed by atoms with Crippen LogP contribution in [0.5, 0.6) is 0 Å². The Hall–Kier alpha value is -2.51. The molecule has 0 aliphatic carbocycles. The van der Waals surface area contributed by atoms with Crippen molar-refractivity contribution in [3.63, 3.8) is 0 Å². The largest absolute Gasteiger partial charge is 0.421 e. The lowest BCUT2D eigenvalue weighted by atomic mass is 10.1. The van der Waals surface area contributed by atoms with E-state index in [0.29, 0.717) is 18.2 Å². The van der Waals surface area contributed by atoms with Crippen molar-refractivity contribution in [3.8, 4) is 11.5 Å². The average Bonchev–Trinajstić information content (AvgIpc) is 3.04. The van der Waals surface area contributed by atoms with E-state index in [0.717, 1.165) is 22.3 Å². The van der Waals surface area contributed by atoms with Gasteiger partial charge >= 0.3 is 0 Å². The first-order chi connectivity index (χ1) is 12.4. The molecule has 0 amide bonds. The van der Waals surface area contributed by atoms with Crippen LogP contribution in [-0.4, -0.2) is 25.2 Å². The van der Waals surface area contributed by atoms with Gasteiger partial charge in [-0.1, -0.05) is 47.5 Å². The lowest BCUT2D eigenvalue weighted by molar-refractivity contribution is 0.502. The third-order valence-corrected chi connectivity index (χ3v) is 5.22. The highest BCUT2D eigenvalue weighted by atomic mass is 32.2. The summed E-state index contributed by atoms with van der Waals surface area (Å²) in [7, 11) is -3.41. The van der Waals surface area contributed by atoms with Crippen LogP contribution in [0.3, 0.4) is 0 Å². The molecule has 0 atom stereocenters. The van der Waals surface area contributed by atoms with Crippen molar-refractivity contribution in [2.24, 2.45) is 0 Å². The molecule has 0 saturated heterocycles. The third kappa shape index (κ3) is 5.00. The second-order valence-corrected chi connectivity index (χ2v) is 8.07. The van der Waals surface area contributed by atoms with E-state index >= 15 is 0 Å². The fourth-order valence-corrected chi connectivity index (χ4v) is 3.69. The van der Waals surface area contributed by atoms with Crippen LogP contribution in [0.4, 0.5) is 0 Å². The van der Waals surface area contributed by atoms with Crippen molar-refractivity contribution in [3.05, 3.63) is 71.1 Å². The first-order valence-corrected chi connectivity index (χ1v) is 9.99. The maximum Gasteiger partial charge on any atom is 0.247 e. The van der Waals surface area contributed by atoms with Gasteiger partial charge in [0.15, 0.2) is 0 Å². The van der Waals surface area contributed by atoms with Gasteiger partial charge in [0.2, 0.25) is 21.8 Å². The van der Waals surface area contributed by atoms with E-state index in [9.17, 15) is 8.42 Å². The van der Waals surface area contributed by atoms with Gasteiger partial charge in [-0.15, -0.1) is 10.2 Å². The smallest absolute Gasteiger partial charge is 0.247 e. The Labute approximate surface area is 153 Å². The number of hydrogen-bond donors (Lipinski definition) is 1. The van der Waals surface area contributed by atoms with Crippen LogP contribution in [-0.2, 0) is 22.2 Å². The zero-order valence-corrected chi connectivity index (χ0v) is 15.6. The molecule has 0 saturated carbocycles. The SMILES string of the molecule is Cc1ccc(-c2nnc(CCNS(=O)(=O)Cc3cccc(C)c3)o2)cc1. The molecule has 1 N–H and O–H groups in total. The number of hydrogen-bond acceptors (Lipinski definition) is 5. The van der Waals surface area contributed by atoms with E-state index in [1.54, 1.807) is 6.07 Å². The van der Waals surface area contributed by atoms with Crippen LogP contribution >= 0.6 is 0 Å². The molecule has 3 aromatic rings. The summed E-state index contributed by atoms with van der Waals surface area (Å²) < 4.78 is 32.5. The zero-order valence-electron chi connectivity index (χ0n) is 14.8. The Morgan fingerprint density at radius 3 is 2.50 bits per heavy atom. The first-order valence-electron chi connectivity index (χ1n) is 8.33. The molecule has 0 radical (unpaired) electrons. The van der Waals surface area contributed by atoms with E-state index in [1.165, 1.54) is 0 Å². The molecule has 26 heavy (non-hydrogen) atoms. The fraction of sp³-hybridized carbons (Fsp3) is 0.263. The maximum atomic E-state index is 12.2. The lowest BCUT2D eigenvalue weighted by Crippen LogP contribution is -2.27. The molecule has 7 heteroatoms. The predicted octanol–water partition coefficient (Wildman–Crippen LogP) is 3.02. The monoisotopic (exact) mass is 371 g/mol. The molecule has 0 bridgehead atoms. The summed E-state index contributed by atoms with van der Waals surface area (Å²) in [5.41, 5.74) is 3.79. The summed E-state index contributed by atoms with van der Waals surface area (Å²) in [6.07, 6.45) is 0.339. The number of aromatic nitrogens is 2. The van der Waals surface area contributed by atoms with Gasteiger partial charge in [-0.3, -0.25) is 0 Å². The molecular formula is C19H21N3O3S. The molecule has 0 unspecified atom stereocenters. The van der Waals surface area contributed by atoms with Crippen LogP contribution in [0, 0.1) is 13.8 Å². The Kier molecular flexibility index (Phi) is 5.49. The fourth-order valence-electron chi connectivity index (χ4n) is 2.55. The highest BCUT2D eigenvalue weighted by molar-refractivity contribution is 7.88. The van der Waals surface area contributed by atoms with Crippen molar-refractivity contribution in [2.45, 2.75) is 26.0 Å². The molecule has 1 aromatic heterocycles. The van der Waals surface area contributed by atoms with Gasteiger partial charge in [0.05, 0.1) is 5.75 Å². The number of nitrogens with zero attached hydrogens (tertiary/aromatic N) is 2. The van der Waals surface area contributed by atoms with Gasteiger partial charge in [0.25, 0.3) is 0 Å². The molecule has 0 fully saturated rings. The van der Waals surface area contributed by atoms with Gasteiger partial charge in [-0.2, -0.15) is 0 Å². The number of rotatable bonds is 7. The van der Waals surface area contributed by atoms with Crippen molar-refractivity contribution < 1.29 is 12.8 Å². The Bertz CT molecular complexity index is 979. The van der Waals surface area contributed by atoms with E-state index in [2.05, 4.69) is 14.9 Å². The van der Waals surface area contributed by atoms with Gasteiger partial charge in [0.1, 0.15) is 0 Å². The number of benzene rings is 2. The van der Waals surface area contributed by atoms with Crippen molar-refractivity contribution >= 4 is 10.0 Å². The number of aryl methyl sites for hydroxylation is 2. The van der Waals surface area contributed by atoms with E-state index < -0.39 is 10.0 Å². The molecule has 6 nitrogen and oxygen atoms in total. The molecule has 3 rings (SSSR count). The molecule has 0 aliphatic heterocycles. The first kappa shape index (κ1) is 18.3. The highest BCUT2D eigenvalue weighted by Gasteiger charge is 2.13. The maximum absolute atomic E-state index is 12.2.